The zero-order valence-corrected chi connectivity index (χ0v) is 13.6. The van der Waals surface area contributed by atoms with Crippen molar-refractivity contribution in [2.24, 2.45) is 0 Å². The lowest BCUT2D eigenvalue weighted by Gasteiger charge is -2.24. The molecule has 1 aliphatic rings. The van der Waals surface area contributed by atoms with Gasteiger partial charge in [0.05, 0.1) is 7.11 Å². The van der Waals surface area contributed by atoms with Gasteiger partial charge in [0.25, 0.3) is 5.91 Å². The van der Waals surface area contributed by atoms with E-state index in [-0.39, 0.29) is 0 Å². The van der Waals surface area contributed by atoms with E-state index in [2.05, 4.69) is 10.6 Å². The van der Waals surface area contributed by atoms with Crippen LogP contribution in [-0.2, 0) is 16.9 Å². The van der Waals surface area contributed by atoms with Gasteiger partial charge in [0.2, 0.25) is 0 Å². The number of rotatable bonds is 4. The highest BCUT2D eigenvalue weighted by atomic mass is 35.5. The summed E-state index contributed by atoms with van der Waals surface area (Å²) in [6.45, 7) is 0.608. The average molecular weight is 333 g/mol. The van der Waals surface area contributed by atoms with Crippen LogP contribution in [0.5, 0.6) is 5.75 Å². The third-order valence-electron chi connectivity index (χ3n) is 3.98. The molecule has 1 aliphatic heterocycles. The molecule has 0 bridgehead atoms. The van der Waals surface area contributed by atoms with Crippen LogP contribution in [0.1, 0.15) is 16.7 Å². The summed E-state index contributed by atoms with van der Waals surface area (Å²) >= 11 is 6.05. The maximum atomic E-state index is 12.5. The molecule has 0 saturated heterocycles. The minimum absolute atomic E-state index is 0.395. The van der Waals surface area contributed by atoms with Crippen molar-refractivity contribution in [3.8, 4) is 5.75 Å². The Balaban J connectivity index is 2.23. The molecule has 2 aromatic carbocycles. The maximum absolute atomic E-state index is 12.5. The number of ether oxygens (including phenoxy) is 1. The molecule has 0 fully saturated rings. The molecule has 0 aliphatic carbocycles. The number of carbonyl (C=O) groups is 1. The molecule has 0 saturated carbocycles. The molecule has 120 valence electrons. The highest BCUT2D eigenvalue weighted by Crippen LogP contribution is 2.45. The fraction of sp³-hybridized carbons (Fsp3) is 0.235. The van der Waals surface area contributed by atoms with Crippen LogP contribution >= 0.6 is 11.6 Å². The molecular weight excluding hydrogens is 316 g/mol. The lowest BCUT2D eigenvalue weighted by atomic mass is 9.86. The number of hydrogen-bond acceptors (Lipinski definition) is 4. The topological polar surface area (TPSA) is 70.6 Å². The molecule has 1 heterocycles. The van der Waals surface area contributed by atoms with Crippen molar-refractivity contribution >= 4 is 23.2 Å². The van der Waals surface area contributed by atoms with Crippen molar-refractivity contribution < 1.29 is 14.6 Å². The zero-order valence-electron chi connectivity index (χ0n) is 12.8. The van der Waals surface area contributed by atoms with E-state index in [1.807, 2.05) is 13.1 Å². The van der Waals surface area contributed by atoms with Crippen molar-refractivity contribution in [3.05, 3.63) is 58.1 Å². The third kappa shape index (κ3) is 2.47. The molecular formula is C17H17ClN2O3. The smallest absolute Gasteiger partial charge is 0.266 e. The van der Waals surface area contributed by atoms with E-state index in [0.717, 1.165) is 5.56 Å². The van der Waals surface area contributed by atoms with Crippen LogP contribution in [0.3, 0.4) is 0 Å². The summed E-state index contributed by atoms with van der Waals surface area (Å²) in [5, 5.41) is 17.4. The van der Waals surface area contributed by atoms with Gasteiger partial charge in [-0.25, -0.2) is 0 Å². The summed E-state index contributed by atoms with van der Waals surface area (Å²) in [6.07, 6.45) is 0. The van der Waals surface area contributed by atoms with Crippen LogP contribution in [0.25, 0.3) is 0 Å². The number of carbonyl (C=O) groups excluding carboxylic acids is 1. The van der Waals surface area contributed by atoms with E-state index in [1.54, 1.807) is 30.3 Å². The number of nitrogens with one attached hydrogen (secondary N) is 2. The fourth-order valence-corrected chi connectivity index (χ4v) is 3.05. The number of halogens is 1. The predicted molar refractivity (Wildman–Crippen MR) is 88.8 cm³/mol. The number of amides is 1. The van der Waals surface area contributed by atoms with Gasteiger partial charge in [-0.3, -0.25) is 4.79 Å². The van der Waals surface area contributed by atoms with Gasteiger partial charge in [-0.05, 0) is 42.9 Å². The van der Waals surface area contributed by atoms with E-state index in [1.165, 1.54) is 7.11 Å². The maximum Gasteiger partial charge on any atom is 0.266 e. The molecule has 1 unspecified atom stereocenters. The summed E-state index contributed by atoms with van der Waals surface area (Å²) in [5.74, 6) is -0.0787. The third-order valence-corrected chi connectivity index (χ3v) is 4.22. The summed E-state index contributed by atoms with van der Waals surface area (Å²) < 4.78 is 5.36. The normalized spacial score (nSPS) is 19.4. The second kappa shape index (κ2) is 5.85. The minimum atomic E-state index is -1.84. The first kappa shape index (κ1) is 15.8. The van der Waals surface area contributed by atoms with Crippen molar-refractivity contribution in [1.29, 1.82) is 0 Å². The Morgan fingerprint density at radius 1 is 1.26 bits per heavy atom. The Kier molecular flexibility index (Phi) is 4.02. The Morgan fingerprint density at radius 3 is 2.74 bits per heavy atom. The lowest BCUT2D eigenvalue weighted by molar-refractivity contribution is -0.129. The Hall–Kier alpha value is -2.08. The quantitative estimate of drug-likeness (QED) is 0.803. The van der Waals surface area contributed by atoms with Crippen molar-refractivity contribution in [3.63, 3.8) is 0 Å². The van der Waals surface area contributed by atoms with Gasteiger partial charge in [-0.2, -0.15) is 0 Å². The number of anilines is 1. The van der Waals surface area contributed by atoms with Gasteiger partial charge >= 0.3 is 0 Å². The van der Waals surface area contributed by atoms with Gasteiger partial charge in [0.1, 0.15) is 5.75 Å². The van der Waals surface area contributed by atoms with Crippen LogP contribution in [0, 0.1) is 0 Å². The molecule has 6 heteroatoms. The van der Waals surface area contributed by atoms with Crippen LogP contribution in [0.4, 0.5) is 5.69 Å². The molecule has 23 heavy (non-hydrogen) atoms. The molecule has 0 spiro atoms. The Morgan fingerprint density at radius 2 is 2.04 bits per heavy atom. The SMILES string of the molecule is CNCc1ccc(OC)c(C2(O)C(=O)Nc3ccc(Cl)cc32)c1. The van der Waals surface area contributed by atoms with Crippen LogP contribution in [-0.4, -0.2) is 25.2 Å². The minimum Gasteiger partial charge on any atom is -0.496 e. The molecule has 3 rings (SSSR count). The summed E-state index contributed by atoms with van der Waals surface area (Å²) in [7, 11) is 3.33. The molecule has 0 radical (unpaired) electrons. The van der Waals surface area contributed by atoms with E-state index >= 15 is 0 Å². The van der Waals surface area contributed by atoms with Gasteiger partial charge < -0.3 is 20.5 Å². The first-order valence-electron chi connectivity index (χ1n) is 7.16. The highest BCUT2D eigenvalue weighted by molar-refractivity contribution is 6.31. The van der Waals surface area contributed by atoms with Crippen molar-refractivity contribution in [2.75, 3.05) is 19.5 Å². The number of fused-ring (bicyclic) bond motifs is 1. The van der Waals surface area contributed by atoms with Crippen molar-refractivity contribution in [2.45, 2.75) is 12.1 Å². The van der Waals surface area contributed by atoms with Gasteiger partial charge in [0.15, 0.2) is 5.60 Å². The first-order valence-corrected chi connectivity index (χ1v) is 7.54. The predicted octanol–water partition coefficient (Wildman–Crippen LogP) is 2.26. The molecule has 1 atom stereocenters. The Labute approximate surface area is 139 Å². The number of hydrogen-bond donors (Lipinski definition) is 3. The molecule has 2 aromatic rings. The second-order valence-corrected chi connectivity index (χ2v) is 5.86. The zero-order chi connectivity index (χ0) is 16.6. The molecule has 1 amide bonds. The average Bonchev–Trinajstić information content (AvgIpc) is 2.80. The van der Waals surface area contributed by atoms with E-state index in [9.17, 15) is 9.90 Å². The highest BCUT2D eigenvalue weighted by Gasteiger charge is 2.48. The van der Waals surface area contributed by atoms with Gasteiger partial charge in [-0.1, -0.05) is 17.7 Å². The second-order valence-electron chi connectivity index (χ2n) is 5.42. The molecule has 0 aromatic heterocycles. The van der Waals surface area contributed by atoms with Crippen LogP contribution in [0.15, 0.2) is 36.4 Å². The summed E-state index contributed by atoms with van der Waals surface area (Å²) in [4.78, 5) is 12.5. The standard InChI is InChI=1S/C17H17ClN2O3/c1-19-9-10-3-6-15(23-2)13(7-10)17(22)12-8-11(18)4-5-14(12)20-16(17)21/h3-8,19,22H,9H2,1-2H3,(H,20,21). The van der Waals surface area contributed by atoms with E-state index in [0.29, 0.717) is 34.1 Å². The number of benzene rings is 2. The van der Waals surface area contributed by atoms with Crippen LogP contribution in [0.2, 0.25) is 5.02 Å². The fourth-order valence-electron chi connectivity index (χ4n) is 2.88. The van der Waals surface area contributed by atoms with Gasteiger partial charge in [-0.15, -0.1) is 0 Å². The van der Waals surface area contributed by atoms with E-state index < -0.39 is 11.5 Å². The molecule has 3 N–H and O–H groups in total. The van der Waals surface area contributed by atoms with Crippen LogP contribution < -0.4 is 15.4 Å². The monoisotopic (exact) mass is 332 g/mol. The van der Waals surface area contributed by atoms with Crippen molar-refractivity contribution in [1.82, 2.24) is 5.32 Å². The lowest BCUT2D eigenvalue weighted by Crippen LogP contribution is -2.36. The van der Waals surface area contributed by atoms with E-state index in [4.69, 9.17) is 16.3 Å². The summed E-state index contributed by atoms with van der Waals surface area (Å²) in [5.41, 5.74) is 0.458. The Bertz CT molecular complexity index is 778. The largest absolute Gasteiger partial charge is 0.496 e. The number of methoxy groups -OCH3 is 1. The van der Waals surface area contributed by atoms with Gasteiger partial charge in [0, 0.05) is 28.4 Å². The first-order chi connectivity index (χ1) is 11.0. The molecule has 5 nitrogen and oxygen atoms in total. The number of aliphatic hydroxyl groups is 1. The summed E-state index contributed by atoms with van der Waals surface area (Å²) in [6, 6.07) is 10.3.